The maximum Gasteiger partial charge on any atom is 0.310 e. The molecular formula is C24H29BrN2O6. The summed E-state index contributed by atoms with van der Waals surface area (Å²) in [5.74, 6) is -3.99. The number of rotatable bonds is 7. The highest BCUT2D eigenvalue weighted by molar-refractivity contribution is 9.09. The van der Waals surface area contributed by atoms with Crippen molar-refractivity contribution in [2.24, 2.45) is 11.8 Å². The summed E-state index contributed by atoms with van der Waals surface area (Å²) in [5, 5.41) is 19.9. The van der Waals surface area contributed by atoms with E-state index in [1.54, 1.807) is 17.9 Å². The second-order valence-corrected chi connectivity index (χ2v) is 10.4. The van der Waals surface area contributed by atoms with Gasteiger partial charge in [-0.1, -0.05) is 40.2 Å². The van der Waals surface area contributed by atoms with Gasteiger partial charge in [0.15, 0.2) is 0 Å². The molecule has 7 atom stereocenters. The number of aryl methyl sites for hydroxylation is 2. The van der Waals surface area contributed by atoms with Crippen LogP contribution in [0.3, 0.4) is 0 Å². The number of alkyl halides is 1. The number of carbonyl (C=O) groups excluding carboxylic acids is 2. The van der Waals surface area contributed by atoms with Gasteiger partial charge in [-0.2, -0.15) is 0 Å². The van der Waals surface area contributed by atoms with Crippen molar-refractivity contribution in [3.05, 3.63) is 42.0 Å². The van der Waals surface area contributed by atoms with Crippen LogP contribution in [0.5, 0.6) is 0 Å². The summed E-state index contributed by atoms with van der Waals surface area (Å²) >= 11 is 3.53. The molecule has 33 heavy (non-hydrogen) atoms. The molecule has 4 rings (SSSR count). The third-order valence-electron chi connectivity index (χ3n) is 7.27. The van der Waals surface area contributed by atoms with Gasteiger partial charge in [0.05, 0.1) is 30.6 Å². The van der Waals surface area contributed by atoms with E-state index < -0.39 is 47.5 Å². The zero-order chi connectivity index (χ0) is 24.2. The fourth-order valence-electron chi connectivity index (χ4n) is 5.99. The third kappa shape index (κ3) is 3.35. The molecule has 1 aromatic carbocycles. The Morgan fingerprint density at radius 1 is 1.39 bits per heavy atom. The van der Waals surface area contributed by atoms with Crippen LogP contribution in [-0.4, -0.2) is 74.7 Å². The molecule has 2 N–H and O–H groups in total. The first-order valence-electron chi connectivity index (χ1n) is 11.1. The Morgan fingerprint density at radius 2 is 2.03 bits per heavy atom. The number of fused-ring (bicyclic) bond motifs is 1. The number of carboxylic acid groups (broad SMARTS) is 1. The van der Waals surface area contributed by atoms with Crippen LogP contribution in [0.4, 0.5) is 5.69 Å². The maximum atomic E-state index is 14.3. The van der Waals surface area contributed by atoms with E-state index in [1.165, 1.54) is 4.90 Å². The summed E-state index contributed by atoms with van der Waals surface area (Å²) in [4.78, 5) is 42.7. The summed E-state index contributed by atoms with van der Waals surface area (Å²) in [7, 11) is 0. The minimum Gasteiger partial charge on any atom is -0.481 e. The number of carbonyl (C=O) groups is 3. The summed E-state index contributed by atoms with van der Waals surface area (Å²) in [6, 6.07) is 3.99. The van der Waals surface area contributed by atoms with Gasteiger partial charge in [-0.15, -0.1) is 6.58 Å². The van der Waals surface area contributed by atoms with E-state index in [0.29, 0.717) is 6.42 Å². The van der Waals surface area contributed by atoms with Gasteiger partial charge in [0, 0.05) is 17.1 Å². The highest BCUT2D eigenvalue weighted by Gasteiger charge is 2.77. The Kier molecular flexibility index (Phi) is 6.18. The molecule has 178 valence electrons. The van der Waals surface area contributed by atoms with E-state index in [9.17, 15) is 24.6 Å². The Morgan fingerprint density at radius 3 is 2.58 bits per heavy atom. The molecule has 3 heterocycles. The van der Waals surface area contributed by atoms with E-state index in [1.807, 2.05) is 32.0 Å². The van der Waals surface area contributed by atoms with E-state index in [0.717, 1.165) is 16.8 Å². The van der Waals surface area contributed by atoms with Gasteiger partial charge in [0.2, 0.25) is 5.91 Å². The number of benzene rings is 1. The van der Waals surface area contributed by atoms with Gasteiger partial charge < -0.3 is 24.7 Å². The molecule has 3 saturated heterocycles. The maximum absolute atomic E-state index is 14.3. The summed E-state index contributed by atoms with van der Waals surface area (Å²) in [5.41, 5.74) is 1.23. The molecule has 2 bridgehead atoms. The lowest BCUT2D eigenvalue weighted by Gasteiger charge is -2.39. The molecule has 1 unspecified atom stereocenters. The van der Waals surface area contributed by atoms with Crippen molar-refractivity contribution in [1.82, 2.24) is 4.90 Å². The van der Waals surface area contributed by atoms with Crippen molar-refractivity contribution in [3.63, 3.8) is 0 Å². The summed E-state index contributed by atoms with van der Waals surface area (Å²) in [6.45, 7) is 9.13. The lowest BCUT2D eigenvalue weighted by Crippen LogP contribution is -2.59. The average molecular weight is 521 g/mol. The van der Waals surface area contributed by atoms with Gasteiger partial charge in [-0.3, -0.25) is 14.4 Å². The lowest BCUT2D eigenvalue weighted by atomic mass is 9.70. The molecule has 0 aliphatic carbocycles. The molecule has 0 saturated carbocycles. The van der Waals surface area contributed by atoms with Crippen LogP contribution in [0, 0.1) is 25.7 Å². The van der Waals surface area contributed by atoms with Crippen LogP contribution in [0.25, 0.3) is 0 Å². The van der Waals surface area contributed by atoms with Gasteiger partial charge in [-0.25, -0.2) is 0 Å². The number of hydrogen-bond donors (Lipinski definition) is 2. The molecule has 3 aliphatic rings. The average Bonchev–Trinajstić information content (AvgIpc) is 3.35. The number of anilines is 1. The summed E-state index contributed by atoms with van der Waals surface area (Å²) in [6.07, 6.45) is 1.25. The van der Waals surface area contributed by atoms with Crippen molar-refractivity contribution >= 4 is 39.4 Å². The van der Waals surface area contributed by atoms with Crippen LogP contribution in [-0.2, 0) is 19.1 Å². The number of aliphatic carboxylic acids is 1. The molecule has 0 radical (unpaired) electrons. The monoisotopic (exact) mass is 520 g/mol. The van der Waals surface area contributed by atoms with Crippen molar-refractivity contribution in [2.45, 2.75) is 55.8 Å². The minimum atomic E-state index is -1.28. The first kappa shape index (κ1) is 23.9. The van der Waals surface area contributed by atoms with Crippen molar-refractivity contribution < 1.29 is 29.3 Å². The molecule has 9 heteroatoms. The van der Waals surface area contributed by atoms with Crippen LogP contribution >= 0.6 is 15.9 Å². The molecular weight excluding hydrogens is 492 g/mol. The molecule has 1 spiro atoms. The van der Waals surface area contributed by atoms with E-state index >= 15 is 0 Å². The number of halogens is 1. The fraction of sp³-hybridized carbons (Fsp3) is 0.542. The van der Waals surface area contributed by atoms with Crippen LogP contribution in [0.2, 0.25) is 0 Å². The standard InChI is InChI=1S/C24H29BrN2O6/c1-5-9-26(18-12(2)7-6-8-13(18)3)22(30)20-24-10-15(25)19(33-24)16(23(31)32)17(24)21(29)27(20)14(4)11-28/h5-8,14-17,19-20,28H,1,9-11H2,2-4H3,(H,31,32)/t14-,15?,16-,17+,19-,20-,24+/m1/s1. The second kappa shape index (κ2) is 8.52. The van der Waals surface area contributed by atoms with Gasteiger partial charge in [0.25, 0.3) is 5.91 Å². The first-order chi connectivity index (χ1) is 15.6. The third-order valence-corrected chi connectivity index (χ3v) is 8.12. The predicted octanol–water partition coefficient (Wildman–Crippen LogP) is 2.04. The van der Waals surface area contributed by atoms with Gasteiger partial charge >= 0.3 is 5.97 Å². The van der Waals surface area contributed by atoms with Crippen molar-refractivity contribution in [1.29, 1.82) is 0 Å². The van der Waals surface area contributed by atoms with Crippen LogP contribution < -0.4 is 4.90 Å². The smallest absolute Gasteiger partial charge is 0.310 e. The quantitative estimate of drug-likeness (QED) is 0.420. The normalized spacial score (nSPS) is 33.2. The fourth-order valence-corrected chi connectivity index (χ4v) is 6.93. The number of aliphatic hydroxyl groups is 1. The first-order valence-corrected chi connectivity index (χ1v) is 12.0. The number of aliphatic hydroxyl groups excluding tert-OH is 1. The predicted molar refractivity (Wildman–Crippen MR) is 125 cm³/mol. The van der Waals surface area contributed by atoms with E-state index in [-0.39, 0.29) is 23.9 Å². The Labute approximate surface area is 201 Å². The van der Waals surface area contributed by atoms with Crippen LogP contribution in [0.1, 0.15) is 24.5 Å². The van der Waals surface area contributed by atoms with Gasteiger partial charge in [0.1, 0.15) is 11.6 Å². The molecule has 8 nitrogen and oxygen atoms in total. The highest BCUT2D eigenvalue weighted by atomic mass is 79.9. The largest absolute Gasteiger partial charge is 0.481 e. The number of likely N-dealkylation sites (tertiary alicyclic amines) is 1. The lowest BCUT2D eigenvalue weighted by molar-refractivity contribution is -0.150. The van der Waals surface area contributed by atoms with Crippen molar-refractivity contribution in [2.75, 3.05) is 18.1 Å². The molecule has 1 aromatic rings. The number of para-hydroxylation sites is 1. The zero-order valence-corrected chi connectivity index (χ0v) is 20.5. The van der Waals surface area contributed by atoms with E-state index in [4.69, 9.17) is 4.74 Å². The number of nitrogens with zero attached hydrogens (tertiary/aromatic N) is 2. The number of amides is 2. The molecule has 0 aromatic heterocycles. The number of hydrogen-bond acceptors (Lipinski definition) is 5. The Hall–Kier alpha value is -2.23. The van der Waals surface area contributed by atoms with Gasteiger partial charge in [-0.05, 0) is 38.3 Å². The number of carboxylic acids is 1. The summed E-state index contributed by atoms with van der Waals surface area (Å²) < 4.78 is 6.28. The van der Waals surface area contributed by atoms with E-state index in [2.05, 4.69) is 22.5 Å². The molecule has 3 fully saturated rings. The topological polar surface area (TPSA) is 107 Å². The SMILES string of the molecule is C=CCN(C(=O)[C@H]1N([C@H](C)CO)C(=O)[C@@H]2[C@@H](C(=O)O)[C@@H]3O[C@@]21CC3Br)c1c(C)cccc1C. The molecule has 2 amide bonds. The highest BCUT2D eigenvalue weighted by Crippen LogP contribution is 2.60. The Bertz CT molecular complexity index is 994. The van der Waals surface area contributed by atoms with Crippen molar-refractivity contribution in [3.8, 4) is 0 Å². The minimum absolute atomic E-state index is 0.209. The molecule has 3 aliphatic heterocycles. The number of ether oxygens (including phenoxy) is 1. The Balaban J connectivity index is 1.87. The van der Waals surface area contributed by atoms with Crippen LogP contribution in [0.15, 0.2) is 30.9 Å². The second-order valence-electron chi connectivity index (χ2n) is 9.26. The zero-order valence-electron chi connectivity index (χ0n) is 18.9.